The molecule has 0 aliphatic rings. The summed E-state index contributed by atoms with van der Waals surface area (Å²) < 4.78 is 9.83. The van der Waals surface area contributed by atoms with Gasteiger partial charge in [-0.1, -0.05) is 0 Å². The molecule has 0 saturated heterocycles. The predicted octanol–water partition coefficient (Wildman–Crippen LogP) is 1.39. The first kappa shape index (κ1) is 17.3. The Bertz CT molecular complexity index is 477. The molecule has 2 atom stereocenters. The van der Waals surface area contributed by atoms with Gasteiger partial charge in [-0.2, -0.15) is 0 Å². The van der Waals surface area contributed by atoms with Gasteiger partial charge in [-0.15, -0.1) is 11.8 Å². The van der Waals surface area contributed by atoms with Gasteiger partial charge >= 0.3 is 5.97 Å². The number of carbonyl (C=O) groups excluding carboxylic acids is 1. The van der Waals surface area contributed by atoms with Gasteiger partial charge in [0.05, 0.1) is 19.0 Å². The minimum absolute atomic E-state index is 0.0685. The zero-order valence-corrected chi connectivity index (χ0v) is 13.0. The number of amides is 1. The number of rotatable bonds is 8. The molecule has 7 heteroatoms. The number of carboxylic acid groups (broad SMARTS) is 1. The van der Waals surface area contributed by atoms with E-state index in [-0.39, 0.29) is 12.5 Å². The van der Waals surface area contributed by atoms with Crippen molar-refractivity contribution in [1.82, 2.24) is 5.32 Å². The Morgan fingerprint density at radius 3 is 2.38 bits per heavy atom. The van der Waals surface area contributed by atoms with Crippen molar-refractivity contribution < 1.29 is 24.2 Å². The van der Waals surface area contributed by atoms with E-state index in [1.807, 2.05) is 12.1 Å². The van der Waals surface area contributed by atoms with Gasteiger partial charge in [0.1, 0.15) is 5.75 Å². The molecule has 0 aliphatic carbocycles. The van der Waals surface area contributed by atoms with Crippen LogP contribution >= 0.6 is 11.8 Å². The van der Waals surface area contributed by atoms with Crippen molar-refractivity contribution in [3.8, 4) is 5.75 Å². The van der Waals surface area contributed by atoms with E-state index in [9.17, 15) is 9.59 Å². The van der Waals surface area contributed by atoms with Crippen molar-refractivity contribution in [3.05, 3.63) is 24.3 Å². The van der Waals surface area contributed by atoms with Crippen LogP contribution in [-0.2, 0) is 14.3 Å². The van der Waals surface area contributed by atoms with Gasteiger partial charge in [0.25, 0.3) is 0 Å². The lowest BCUT2D eigenvalue weighted by Gasteiger charge is -2.17. The zero-order valence-electron chi connectivity index (χ0n) is 12.2. The van der Waals surface area contributed by atoms with E-state index in [0.29, 0.717) is 0 Å². The third-order valence-corrected chi connectivity index (χ3v) is 3.80. The van der Waals surface area contributed by atoms with Crippen molar-refractivity contribution >= 4 is 23.6 Å². The fourth-order valence-corrected chi connectivity index (χ4v) is 2.42. The molecule has 2 unspecified atom stereocenters. The van der Waals surface area contributed by atoms with Crippen LogP contribution in [0.5, 0.6) is 5.75 Å². The van der Waals surface area contributed by atoms with Crippen LogP contribution in [0, 0.1) is 0 Å². The van der Waals surface area contributed by atoms with Crippen molar-refractivity contribution in [1.29, 1.82) is 0 Å². The van der Waals surface area contributed by atoms with Gasteiger partial charge in [0.15, 0.2) is 6.04 Å². The molecule has 1 aromatic carbocycles. The SMILES string of the molecule is COCC(NC(=O)C(C)Sc1ccc(OC)cc1)C(=O)O. The summed E-state index contributed by atoms with van der Waals surface area (Å²) in [5, 5.41) is 11.0. The molecule has 0 aromatic heterocycles. The zero-order chi connectivity index (χ0) is 15.8. The molecule has 6 nitrogen and oxygen atoms in total. The molecule has 0 spiro atoms. The first-order chi connectivity index (χ1) is 9.97. The number of carboxylic acids is 1. The van der Waals surface area contributed by atoms with Crippen LogP contribution in [0.15, 0.2) is 29.2 Å². The molecule has 0 radical (unpaired) electrons. The molecule has 0 aliphatic heterocycles. The van der Waals surface area contributed by atoms with Crippen molar-refractivity contribution in [2.75, 3.05) is 20.8 Å². The highest BCUT2D eigenvalue weighted by Gasteiger charge is 2.23. The average molecular weight is 313 g/mol. The summed E-state index contributed by atoms with van der Waals surface area (Å²) in [6.45, 7) is 1.65. The Morgan fingerprint density at radius 1 is 1.29 bits per heavy atom. The molecule has 116 valence electrons. The fourth-order valence-electron chi connectivity index (χ4n) is 1.54. The van der Waals surface area contributed by atoms with Crippen LogP contribution in [0.4, 0.5) is 0 Å². The van der Waals surface area contributed by atoms with Gasteiger partial charge in [-0.25, -0.2) is 4.79 Å². The minimum Gasteiger partial charge on any atom is -0.497 e. The lowest BCUT2D eigenvalue weighted by molar-refractivity contribution is -0.143. The minimum atomic E-state index is -1.12. The summed E-state index contributed by atoms with van der Waals surface area (Å²) in [6, 6.07) is 6.26. The Morgan fingerprint density at radius 2 is 1.90 bits per heavy atom. The lowest BCUT2D eigenvalue weighted by Crippen LogP contribution is -2.46. The number of thioether (sulfide) groups is 1. The maximum absolute atomic E-state index is 12.0. The van der Waals surface area contributed by atoms with Crippen LogP contribution in [0.25, 0.3) is 0 Å². The number of hydrogen-bond acceptors (Lipinski definition) is 5. The summed E-state index contributed by atoms with van der Waals surface area (Å²) in [5.41, 5.74) is 0. The van der Waals surface area contributed by atoms with Crippen molar-refractivity contribution in [2.24, 2.45) is 0 Å². The molecule has 2 N–H and O–H groups in total. The largest absolute Gasteiger partial charge is 0.497 e. The molecule has 1 aromatic rings. The van der Waals surface area contributed by atoms with Crippen molar-refractivity contribution in [3.63, 3.8) is 0 Å². The van der Waals surface area contributed by atoms with Gasteiger partial charge in [-0.3, -0.25) is 4.79 Å². The van der Waals surface area contributed by atoms with E-state index in [2.05, 4.69) is 5.32 Å². The summed E-state index contributed by atoms with van der Waals surface area (Å²) in [6.07, 6.45) is 0. The Balaban J connectivity index is 2.58. The molecule has 21 heavy (non-hydrogen) atoms. The number of hydrogen-bond donors (Lipinski definition) is 2. The molecular weight excluding hydrogens is 294 g/mol. The Kier molecular flexibility index (Phi) is 7.04. The first-order valence-corrected chi connectivity index (χ1v) is 7.18. The number of methoxy groups -OCH3 is 2. The monoisotopic (exact) mass is 313 g/mol. The molecular formula is C14H19NO5S. The molecule has 0 heterocycles. The van der Waals surface area contributed by atoms with Crippen LogP contribution in [0.1, 0.15) is 6.92 Å². The van der Waals surface area contributed by atoms with E-state index in [1.165, 1.54) is 18.9 Å². The average Bonchev–Trinajstić information content (AvgIpc) is 2.47. The summed E-state index contributed by atoms with van der Waals surface area (Å²) in [5.74, 6) is -0.727. The third-order valence-electron chi connectivity index (χ3n) is 2.69. The molecule has 0 bridgehead atoms. The van der Waals surface area contributed by atoms with E-state index in [0.717, 1.165) is 10.6 Å². The predicted molar refractivity (Wildman–Crippen MR) is 79.8 cm³/mol. The van der Waals surface area contributed by atoms with Crippen LogP contribution < -0.4 is 10.1 Å². The van der Waals surface area contributed by atoms with E-state index in [1.54, 1.807) is 26.2 Å². The number of benzene rings is 1. The Labute approximate surface area is 127 Å². The second-order valence-corrected chi connectivity index (χ2v) is 5.70. The maximum Gasteiger partial charge on any atom is 0.328 e. The number of carbonyl (C=O) groups is 2. The number of nitrogens with one attached hydrogen (secondary N) is 1. The van der Waals surface area contributed by atoms with E-state index >= 15 is 0 Å². The smallest absolute Gasteiger partial charge is 0.328 e. The highest BCUT2D eigenvalue weighted by Crippen LogP contribution is 2.25. The molecule has 1 rings (SSSR count). The second-order valence-electron chi connectivity index (χ2n) is 4.29. The Hall–Kier alpha value is -1.73. The van der Waals surface area contributed by atoms with E-state index < -0.39 is 17.3 Å². The quantitative estimate of drug-likeness (QED) is 0.706. The van der Waals surface area contributed by atoms with Crippen LogP contribution in [-0.4, -0.2) is 49.1 Å². The fraction of sp³-hybridized carbons (Fsp3) is 0.429. The summed E-state index contributed by atoms with van der Waals surface area (Å²) >= 11 is 1.34. The molecule has 1 amide bonds. The molecule has 0 saturated carbocycles. The number of aliphatic carboxylic acids is 1. The topological polar surface area (TPSA) is 84.9 Å². The van der Waals surface area contributed by atoms with Gasteiger partial charge < -0.3 is 19.9 Å². The molecule has 0 fully saturated rings. The van der Waals surface area contributed by atoms with E-state index in [4.69, 9.17) is 14.6 Å². The van der Waals surface area contributed by atoms with Gasteiger partial charge in [0.2, 0.25) is 5.91 Å². The first-order valence-electron chi connectivity index (χ1n) is 6.30. The standard InChI is InChI=1S/C14H19NO5S/c1-9(13(16)15-12(8-19-2)14(17)18)21-11-6-4-10(20-3)5-7-11/h4-7,9,12H,8H2,1-3H3,(H,15,16)(H,17,18). The third kappa shape index (κ3) is 5.65. The van der Waals surface area contributed by atoms with Gasteiger partial charge in [-0.05, 0) is 31.2 Å². The van der Waals surface area contributed by atoms with Gasteiger partial charge in [0, 0.05) is 12.0 Å². The lowest BCUT2D eigenvalue weighted by atomic mass is 10.3. The van der Waals surface area contributed by atoms with Crippen molar-refractivity contribution in [2.45, 2.75) is 23.1 Å². The van der Waals surface area contributed by atoms with Crippen LogP contribution in [0.2, 0.25) is 0 Å². The summed E-state index contributed by atoms with van der Waals surface area (Å²) in [4.78, 5) is 23.8. The summed E-state index contributed by atoms with van der Waals surface area (Å²) in [7, 11) is 2.97. The number of ether oxygens (including phenoxy) is 2. The highest BCUT2D eigenvalue weighted by molar-refractivity contribution is 8.00. The highest BCUT2D eigenvalue weighted by atomic mass is 32.2. The maximum atomic E-state index is 12.0. The second kappa shape index (κ2) is 8.53. The normalized spacial score (nSPS) is 13.3. The van der Waals surface area contributed by atoms with Crippen LogP contribution in [0.3, 0.4) is 0 Å².